The van der Waals surface area contributed by atoms with E-state index in [0.29, 0.717) is 21.8 Å². The summed E-state index contributed by atoms with van der Waals surface area (Å²) in [6.45, 7) is 4.45. The standard InChI is InChI=1S/C22H25ClN4O2S/c1-3-16(4-2)27-19(14-29-18-13-9-8-12-17(18)23)25-26-22(27)30-20(21(24)28)15-10-6-5-7-11-15/h5-13,16,20H,3-4,14H2,1-2H3,(H2,24,28). The van der Waals surface area contributed by atoms with Crippen LogP contribution in [0, 0.1) is 0 Å². The summed E-state index contributed by atoms with van der Waals surface area (Å²) >= 11 is 7.52. The summed E-state index contributed by atoms with van der Waals surface area (Å²) in [5.74, 6) is 0.855. The molecule has 0 saturated carbocycles. The molecule has 0 saturated heterocycles. The van der Waals surface area contributed by atoms with E-state index in [0.717, 1.165) is 18.4 Å². The number of nitrogens with zero attached hydrogens (tertiary/aromatic N) is 3. The molecule has 0 spiro atoms. The molecule has 3 rings (SSSR count). The van der Waals surface area contributed by atoms with Crippen molar-refractivity contribution in [2.45, 2.75) is 49.7 Å². The van der Waals surface area contributed by atoms with Crippen LogP contribution in [0.3, 0.4) is 0 Å². The quantitative estimate of drug-likeness (QED) is 0.435. The van der Waals surface area contributed by atoms with Crippen molar-refractivity contribution in [3.8, 4) is 5.75 Å². The van der Waals surface area contributed by atoms with E-state index in [-0.39, 0.29) is 12.6 Å². The zero-order valence-corrected chi connectivity index (χ0v) is 18.6. The van der Waals surface area contributed by atoms with Crippen LogP contribution in [0.2, 0.25) is 5.02 Å². The highest BCUT2D eigenvalue weighted by Gasteiger charge is 2.26. The molecule has 2 N–H and O–H groups in total. The maximum Gasteiger partial charge on any atom is 0.235 e. The van der Waals surface area contributed by atoms with E-state index < -0.39 is 11.2 Å². The van der Waals surface area contributed by atoms with Crippen molar-refractivity contribution in [3.05, 3.63) is 71.0 Å². The first kappa shape index (κ1) is 22.2. The van der Waals surface area contributed by atoms with E-state index >= 15 is 0 Å². The number of hydrogen-bond acceptors (Lipinski definition) is 5. The van der Waals surface area contributed by atoms with Crippen LogP contribution in [0.25, 0.3) is 0 Å². The van der Waals surface area contributed by atoms with Crippen molar-refractivity contribution >= 4 is 29.3 Å². The minimum absolute atomic E-state index is 0.177. The number of aromatic nitrogens is 3. The van der Waals surface area contributed by atoms with E-state index in [9.17, 15) is 4.79 Å². The van der Waals surface area contributed by atoms with E-state index in [1.165, 1.54) is 11.8 Å². The number of primary amides is 1. The number of hydrogen-bond donors (Lipinski definition) is 1. The molecule has 6 nitrogen and oxygen atoms in total. The van der Waals surface area contributed by atoms with Gasteiger partial charge in [0.1, 0.15) is 17.6 Å². The summed E-state index contributed by atoms with van der Waals surface area (Å²) in [5.41, 5.74) is 6.55. The van der Waals surface area contributed by atoms with E-state index in [1.54, 1.807) is 6.07 Å². The summed E-state index contributed by atoms with van der Waals surface area (Å²) in [6, 6.07) is 17.0. The van der Waals surface area contributed by atoms with E-state index in [2.05, 4.69) is 28.6 Å². The fraction of sp³-hybridized carbons (Fsp3) is 0.318. The third-order valence-electron chi connectivity index (χ3n) is 4.82. The largest absolute Gasteiger partial charge is 0.484 e. The second-order valence-corrected chi connectivity index (χ2v) is 8.25. The Kier molecular flexibility index (Phi) is 7.76. The first-order valence-electron chi connectivity index (χ1n) is 9.87. The van der Waals surface area contributed by atoms with Crippen LogP contribution >= 0.6 is 23.4 Å². The topological polar surface area (TPSA) is 83.0 Å². The Balaban J connectivity index is 1.90. The highest BCUT2D eigenvalue weighted by atomic mass is 35.5. The summed E-state index contributed by atoms with van der Waals surface area (Å²) in [4.78, 5) is 12.2. The molecule has 1 heterocycles. The number of halogens is 1. The minimum Gasteiger partial charge on any atom is -0.484 e. The van der Waals surface area contributed by atoms with Crippen LogP contribution in [0.5, 0.6) is 5.75 Å². The van der Waals surface area contributed by atoms with Gasteiger partial charge in [0.25, 0.3) is 0 Å². The molecule has 0 radical (unpaired) electrons. The van der Waals surface area contributed by atoms with Crippen molar-refractivity contribution in [3.63, 3.8) is 0 Å². The predicted octanol–water partition coefficient (Wildman–Crippen LogP) is 5.19. The molecule has 0 fully saturated rings. The molecule has 2 aromatic carbocycles. The lowest BCUT2D eigenvalue weighted by Gasteiger charge is -2.21. The van der Waals surface area contributed by atoms with E-state index in [1.807, 2.05) is 48.5 Å². The summed E-state index contributed by atoms with van der Waals surface area (Å²) in [7, 11) is 0. The lowest BCUT2D eigenvalue weighted by atomic mass is 10.1. The number of rotatable bonds is 10. The van der Waals surface area contributed by atoms with Crippen LogP contribution in [0.4, 0.5) is 0 Å². The van der Waals surface area contributed by atoms with Gasteiger partial charge in [0, 0.05) is 6.04 Å². The maximum absolute atomic E-state index is 12.2. The molecule has 1 unspecified atom stereocenters. The fourth-order valence-corrected chi connectivity index (χ4v) is 4.50. The number of thioether (sulfide) groups is 1. The molecular weight excluding hydrogens is 420 g/mol. The lowest BCUT2D eigenvalue weighted by molar-refractivity contribution is -0.117. The van der Waals surface area contributed by atoms with Crippen LogP contribution in [0.15, 0.2) is 59.8 Å². The molecule has 30 heavy (non-hydrogen) atoms. The van der Waals surface area contributed by atoms with Gasteiger partial charge in [-0.1, -0.05) is 79.7 Å². The average molecular weight is 445 g/mol. The number of carbonyl (C=O) groups excluding carboxylic acids is 1. The van der Waals surface area contributed by atoms with Gasteiger partial charge in [0.2, 0.25) is 5.91 Å². The highest BCUT2D eigenvalue weighted by molar-refractivity contribution is 8.00. The van der Waals surface area contributed by atoms with Gasteiger partial charge in [0.05, 0.1) is 5.02 Å². The summed E-state index contributed by atoms with van der Waals surface area (Å²) < 4.78 is 7.95. The monoisotopic (exact) mass is 444 g/mol. The Hall–Kier alpha value is -2.51. The maximum atomic E-state index is 12.2. The molecule has 1 aromatic heterocycles. The second-order valence-electron chi connectivity index (χ2n) is 6.77. The molecule has 0 aliphatic rings. The summed E-state index contributed by atoms with van der Waals surface area (Å²) in [6.07, 6.45) is 1.79. The van der Waals surface area contributed by atoms with Gasteiger partial charge >= 0.3 is 0 Å². The predicted molar refractivity (Wildman–Crippen MR) is 120 cm³/mol. The summed E-state index contributed by atoms with van der Waals surface area (Å²) in [5, 5.41) is 9.36. The molecule has 0 bridgehead atoms. The van der Waals surface area contributed by atoms with Gasteiger partial charge in [-0.15, -0.1) is 10.2 Å². The number of para-hydroxylation sites is 1. The van der Waals surface area contributed by atoms with Gasteiger partial charge in [-0.05, 0) is 30.5 Å². The van der Waals surface area contributed by atoms with Gasteiger partial charge < -0.3 is 15.0 Å². The molecule has 0 aliphatic carbocycles. The number of benzene rings is 2. The first-order valence-corrected chi connectivity index (χ1v) is 11.1. The molecule has 0 aliphatic heterocycles. The zero-order valence-electron chi connectivity index (χ0n) is 17.0. The van der Waals surface area contributed by atoms with Crippen LogP contribution < -0.4 is 10.5 Å². The SMILES string of the molecule is CCC(CC)n1c(COc2ccccc2Cl)nnc1SC(C(N)=O)c1ccccc1. The number of nitrogens with two attached hydrogens (primary N) is 1. The lowest BCUT2D eigenvalue weighted by Crippen LogP contribution is -2.20. The van der Waals surface area contributed by atoms with Crippen LogP contribution in [0.1, 0.15) is 49.4 Å². The van der Waals surface area contributed by atoms with Crippen molar-refractivity contribution < 1.29 is 9.53 Å². The van der Waals surface area contributed by atoms with Crippen molar-refractivity contribution in [1.82, 2.24) is 14.8 Å². The highest BCUT2D eigenvalue weighted by Crippen LogP contribution is 2.36. The average Bonchev–Trinajstić information content (AvgIpc) is 3.15. The number of ether oxygens (including phenoxy) is 1. The Morgan fingerprint density at radius 3 is 2.40 bits per heavy atom. The number of amides is 1. The third kappa shape index (κ3) is 5.15. The zero-order chi connectivity index (χ0) is 21.5. The van der Waals surface area contributed by atoms with Crippen molar-refractivity contribution in [2.75, 3.05) is 0 Å². The smallest absolute Gasteiger partial charge is 0.235 e. The van der Waals surface area contributed by atoms with E-state index in [4.69, 9.17) is 22.1 Å². The normalized spacial score (nSPS) is 12.1. The van der Waals surface area contributed by atoms with Crippen molar-refractivity contribution in [1.29, 1.82) is 0 Å². The van der Waals surface area contributed by atoms with Crippen LogP contribution in [-0.2, 0) is 11.4 Å². The third-order valence-corrected chi connectivity index (χ3v) is 6.36. The van der Waals surface area contributed by atoms with Gasteiger partial charge in [-0.25, -0.2) is 0 Å². The fourth-order valence-electron chi connectivity index (χ4n) is 3.23. The van der Waals surface area contributed by atoms with Gasteiger partial charge in [0.15, 0.2) is 11.0 Å². The van der Waals surface area contributed by atoms with Crippen LogP contribution in [-0.4, -0.2) is 20.7 Å². The van der Waals surface area contributed by atoms with Gasteiger partial charge in [-0.2, -0.15) is 0 Å². The Bertz CT molecular complexity index is 976. The minimum atomic E-state index is -0.555. The molecule has 3 aromatic rings. The Morgan fingerprint density at radius 2 is 1.77 bits per heavy atom. The van der Waals surface area contributed by atoms with Crippen molar-refractivity contribution in [2.24, 2.45) is 5.73 Å². The second kappa shape index (κ2) is 10.5. The molecule has 158 valence electrons. The molecule has 1 amide bonds. The Labute approximate surface area is 185 Å². The van der Waals surface area contributed by atoms with Gasteiger partial charge in [-0.3, -0.25) is 4.79 Å². The molecule has 1 atom stereocenters. The Morgan fingerprint density at radius 1 is 1.10 bits per heavy atom. The molecule has 8 heteroatoms. The number of carbonyl (C=O) groups is 1. The first-order chi connectivity index (χ1) is 14.5. The molecular formula is C22H25ClN4O2S.